The molecule has 144 heavy (non-hydrogen) atoms. The average Bonchev–Trinajstić information content (AvgIpc) is 1.28. The Morgan fingerprint density at radius 1 is 0.319 bits per heavy atom. The summed E-state index contributed by atoms with van der Waals surface area (Å²) in [5.74, 6) is 3.19. The van der Waals surface area contributed by atoms with Crippen molar-refractivity contribution in [2.24, 2.45) is 41.4 Å². The number of hydrogen-bond acceptors (Lipinski definition) is 38. The number of para-hydroxylation sites is 1. The highest BCUT2D eigenvalue weighted by Crippen LogP contribution is 2.59. The van der Waals surface area contributed by atoms with Crippen LogP contribution in [0.2, 0.25) is 0 Å². The molecule has 0 amide bonds. The van der Waals surface area contributed by atoms with E-state index in [0.29, 0.717) is 197 Å². The molecule has 7 aromatic carbocycles. The molecule has 6 N–H and O–H groups in total. The van der Waals surface area contributed by atoms with Gasteiger partial charge in [-0.05, 0) is 188 Å². The van der Waals surface area contributed by atoms with Gasteiger partial charge in [0.1, 0.15) is 5.58 Å². The van der Waals surface area contributed by atoms with Crippen LogP contribution < -0.4 is 56.8 Å². The second-order valence-corrected chi connectivity index (χ2v) is 36.5. The number of furan rings is 1. The highest BCUT2D eigenvalue weighted by molar-refractivity contribution is 6.04. The maximum Gasteiger partial charge on any atom is 0.340 e. The summed E-state index contributed by atoms with van der Waals surface area (Å²) in [6, 6.07) is 17.9. The van der Waals surface area contributed by atoms with Gasteiger partial charge in [-0.15, -0.1) is 0 Å². The molecule has 13 aliphatic rings. The molecule has 1 aromatic heterocycles. The van der Waals surface area contributed by atoms with E-state index >= 15 is 0 Å². The average molecular weight is 2000 g/mol. The first kappa shape index (κ1) is 106. The van der Waals surface area contributed by atoms with Gasteiger partial charge >= 0.3 is 35.8 Å². The van der Waals surface area contributed by atoms with Crippen LogP contribution in [0.15, 0.2) is 71.1 Å². The molecule has 2 bridgehead atoms. The van der Waals surface area contributed by atoms with Crippen LogP contribution in [0, 0.1) is 41.4 Å². The normalized spacial score (nSPS) is 21.1. The Morgan fingerprint density at radius 2 is 0.562 bits per heavy atom. The summed E-state index contributed by atoms with van der Waals surface area (Å²) in [6.07, 6.45) is 16.5. The Labute approximate surface area is 827 Å². The molecule has 7 aliphatic carbocycles. The van der Waals surface area contributed by atoms with E-state index in [-0.39, 0.29) is 130 Å². The molecule has 7 fully saturated rings. The van der Waals surface area contributed by atoms with E-state index in [1.54, 1.807) is 36.4 Å². The fraction of sp³-hybridized carbons (Fsp3) is 0.462. The summed E-state index contributed by atoms with van der Waals surface area (Å²) in [7, 11) is 8.60. The van der Waals surface area contributed by atoms with Crippen molar-refractivity contribution in [3.05, 3.63) is 173 Å². The van der Waals surface area contributed by atoms with E-state index in [2.05, 4.69) is 0 Å². The number of benzene rings is 7. The lowest BCUT2D eigenvalue weighted by Crippen LogP contribution is -2.52. The SMILES string of the molecule is C.COc1c(OCC(=O)c2cc3ccccc3o2)cc2c(c1C=O)CC(O)OC2=O.COc1c(OCC2C3CC2C3)cc2c(c1C=O)CC(O)OC2=O.COc1c(OCC2CC2)cc2c(c1C=O)CC(O)OC2=O.COc1c(OCC2CCC2)cc2c(c1C=O)CC(O)OC2=O.COc1c(OCC2CCCC2)cc2c(c1C=O)CC(O)OC2=O.COc1c(OCC2CCCCCC2)cc2c(c1C=O)CC(O)OC2=O. The molecule has 7 heterocycles. The van der Waals surface area contributed by atoms with E-state index in [9.17, 15) is 93.0 Å². The fourth-order valence-corrected chi connectivity index (χ4v) is 19.4. The molecule has 0 radical (unpaired) electrons. The number of ketones is 1. The standard InChI is InChI=1S/C21H16O8.C19H24O6.C17H18O6.C17H20O6.C16H18O6.C15H16O6.CH4/c1-26-20-14(9-22)12-8-19(24)29-21(25)13(12)7-18(20)27-10-15(23)17-6-11-4-2-3-5-16(11)28-17;1-23-18-15(10-20)13-9-17(21)25-19(22)14(13)8-16(18)24-11-12-6-4-2-3-5-7-12;1-21-16-12(6-18)10-5-15(19)23-17(20)11(10)4-14(16)22-7-13-8-2-9(13)3-8;1-21-16-13(8-18)11-7-15(19)23-17(20)12(11)6-14(16)22-9-10-4-2-3-5-10;1-20-15-12(7-17)10-6-14(18)22-16(19)11(10)5-13(15)21-8-9-3-2-4-9;1-19-14-11(6-16)9-5-13(17)21-15(18)10(9)4-12(14)20-7-8-2-3-8;/h2-7,9,19,24H,8,10H2,1H3;8,10,12,17,21H,2-7,9,11H2,1H3;4,6,8-9,13,15,19H,2-3,5,7H2,1H3;6,8,10,15,19H,2-5,7,9H2,1H3;5,7,9,14,18H,2-4,6,8H2,1H3;4,6,8,13,17H,2-3,5,7H2,1H3;1H4. The van der Waals surface area contributed by atoms with E-state index in [0.717, 1.165) is 68.6 Å². The zero-order valence-corrected chi connectivity index (χ0v) is 79.6. The highest BCUT2D eigenvalue weighted by Gasteiger charge is 2.53. The number of aldehydes is 6. The van der Waals surface area contributed by atoms with E-state index in [4.69, 9.17) is 89.7 Å². The third-order valence-corrected chi connectivity index (χ3v) is 27.5. The zero-order chi connectivity index (χ0) is 102. The summed E-state index contributed by atoms with van der Waals surface area (Å²) in [4.78, 5) is 154. The van der Waals surface area contributed by atoms with Crippen molar-refractivity contribution >= 4 is 90.3 Å². The number of cyclic esters (lactones) is 6. The van der Waals surface area contributed by atoms with Gasteiger partial charge in [0.2, 0.25) is 43.5 Å². The van der Waals surface area contributed by atoms with Crippen molar-refractivity contribution in [3.8, 4) is 69.0 Å². The quantitative estimate of drug-likeness (QED) is 0.00772. The Hall–Kier alpha value is -14.1. The molecule has 8 aromatic rings. The number of carbonyl (C=O) groups is 13. The molecular weight excluding hydrogens is 1880 g/mol. The minimum atomic E-state index is -1.35. The predicted molar refractivity (Wildman–Crippen MR) is 504 cm³/mol. The second-order valence-electron chi connectivity index (χ2n) is 36.5. The number of esters is 6. The van der Waals surface area contributed by atoms with Crippen LogP contribution >= 0.6 is 0 Å². The summed E-state index contributed by atoms with van der Waals surface area (Å²) < 4.78 is 101. The number of methoxy groups -OCH3 is 6. The topological polar surface area (TPSA) is 523 Å². The Morgan fingerprint density at radius 3 is 0.792 bits per heavy atom. The number of aliphatic hydroxyl groups is 6. The maximum absolute atomic E-state index is 12.5. The van der Waals surface area contributed by atoms with Crippen LogP contribution in [0.4, 0.5) is 0 Å². The summed E-state index contributed by atoms with van der Waals surface area (Å²) in [5, 5.41) is 58.4. The first-order valence-corrected chi connectivity index (χ1v) is 47.5. The van der Waals surface area contributed by atoms with Crippen molar-refractivity contribution in [1.82, 2.24) is 0 Å². The van der Waals surface area contributed by atoms with Crippen LogP contribution in [-0.4, -0.2) is 230 Å². The Bertz CT molecular complexity index is 6000. The van der Waals surface area contributed by atoms with Crippen molar-refractivity contribution in [2.45, 2.75) is 193 Å². The van der Waals surface area contributed by atoms with Gasteiger partial charge in [0, 0.05) is 43.9 Å². The van der Waals surface area contributed by atoms with Gasteiger partial charge in [0.15, 0.2) is 119 Å². The number of hydrogen-bond donors (Lipinski definition) is 6. The first-order chi connectivity index (χ1) is 69.2. The van der Waals surface area contributed by atoms with Gasteiger partial charge in [0.25, 0.3) is 0 Å². The molecule has 7 saturated carbocycles. The molecule has 38 heteroatoms. The minimum Gasteiger partial charge on any atom is -0.492 e. The van der Waals surface area contributed by atoms with Crippen molar-refractivity contribution in [1.29, 1.82) is 0 Å². The summed E-state index contributed by atoms with van der Waals surface area (Å²) in [5.41, 5.74) is 5.65. The monoisotopic (exact) mass is 2000 g/mol. The van der Waals surface area contributed by atoms with E-state index in [1.807, 2.05) is 12.1 Å². The predicted octanol–water partition coefficient (Wildman–Crippen LogP) is 12.8. The molecule has 6 aliphatic heterocycles. The molecule has 6 unspecified atom stereocenters. The molecule has 6 atom stereocenters. The third kappa shape index (κ3) is 23.5. The Balaban J connectivity index is 0.000000137. The molecule has 38 nitrogen and oxygen atoms in total. The van der Waals surface area contributed by atoms with Crippen LogP contribution in [0.25, 0.3) is 11.0 Å². The smallest absolute Gasteiger partial charge is 0.340 e. The van der Waals surface area contributed by atoms with Crippen molar-refractivity contribution in [2.75, 3.05) is 82.3 Å². The van der Waals surface area contributed by atoms with Crippen LogP contribution in [0.1, 0.15) is 285 Å². The summed E-state index contributed by atoms with van der Waals surface area (Å²) in [6.45, 7) is 2.30. The largest absolute Gasteiger partial charge is 0.492 e. The lowest BCUT2D eigenvalue weighted by atomic mass is 9.48. The molecule has 768 valence electrons. The van der Waals surface area contributed by atoms with E-state index < -0.39 is 85.9 Å². The van der Waals surface area contributed by atoms with Gasteiger partial charge < -0.3 is 120 Å². The minimum absolute atomic E-state index is 0. The lowest BCUT2D eigenvalue weighted by Gasteiger charge is -2.57. The molecular formula is C106H116O38. The first-order valence-electron chi connectivity index (χ1n) is 47.5. The van der Waals surface area contributed by atoms with Gasteiger partial charge in [0.05, 0.1) is 142 Å². The molecule has 0 saturated heterocycles. The van der Waals surface area contributed by atoms with Gasteiger partial charge in [-0.25, -0.2) is 28.8 Å². The molecule has 0 spiro atoms. The van der Waals surface area contributed by atoms with Gasteiger partial charge in [-0.3, -0.25) is 33.6 Å². The zero-order valence-electron chi connectivity index (χ0n) is 79.6. The second kappa shape index (κ2) is 47.9. The summed E-state index contributed by atoms with van der Waals surface area (Å²) >= 11 is 0. The van der Waals surface area contributed by atoms with Crippen molar-refractivity contribution in [3.63, 3.8) is 0 Å². The third-order valence-electron chi connectivity index (χ3n) is 27.5. The van der Waals surface area contributed by atoms with Gasteiger partial charge in [-0.2, -0.15) is 0 Å². The van der Waals surface area contributed by atoms with Crippen LogP contribution in [-0.2, 0) is 66.9 Å². The van der Waals surface area contributed by atoms with Crippen LogP contribution in [0.3, 0.4) is 0 Å². The number of fused-ring (bicyclic) bond motifs is 7. The van der Waals surface area contributed by atoms with Crippen molar-refractivity contribution < 1.29 is 183 Å². The van der Waals surface area contributed by atoms with Gasteiger partial charge in [-0.1, -0.05) is 70.6 Å². The fourth-order valence-electron chi connectivity index (χ4n) is 19.4. The Kier molecular flexibility index (Phi) is 35.2. The lowest BCUT2D eigenvalue weighted by molar-refractivity contribution is -0.102. The molecule has 21 rings (SSSR count). The number of rotatable bonds is 31. The number of aliphatic hydroxyl groups excluding tert-OH is 6. The van der Waals surface area contributed by atoms with Crippen LogP contribution in [0.5, 0.6) is 69.0 Å². The number of ether oxygens (including phenoxy) is 18. The van der Waals surface area contributed by atoms with E-state index in [1.165, 1.54) is 119 Å². The maximum atomic E-state index is 12.5. The highest BCUT2D eigenvalue weighted by atomic mass is 16.7. The number of Topliss-reactive ketones (excluding diaryl/α,β-unsaturated/α-hetero) is 1. The number of carbonyl (C=O) groups excluding carboxylic acids is 13.